The van der Waals surface area contributed by atoms with E-state index in [9.17, 15) is 0 Å². The van der Waals surface area contributed by atoms with Crippen molar-refractivity contribution in [3.8, 4) is 0 Å². The maximum atomic E-state index is 5.79. The van der Waals surface area contributed by atoms with Crippen molar-refractivity contribution in [3.05, 3.63) is 47.5 Å². The van der Waals surface area contributed by atoms with Crippen LogP contribution in [0.4, 0.5) is 0 Å². The SMILES string of the molecule is C=C(C)CNCC1OCCc2ccccc21.Cl. The van der Waals surface area contributed by atoms with E-state index in [1.54, 1.807) is 0 Å². The van der Waals surface area contributed by atoms with Crippen LogP contribution in [0.5, 0.6) is 0 Å². The van der Waals surface area contributed by atoms with Crippen molar-refractivity contribution in [1.29, 1.82) is 0 Å². The van der Waals surface area contributed by atoms with Gasteiger partial charge >= 0.3 is 0 Å². The van der Waals surface area contributed by atoms with Gasteiger partial charge in [0.2, 0.25) is 0 Å². The van der Waals surface area contributed by atoms with Crippen molar-refractivity contribution in [2.24, 2.45) is 0 Å². The van der Waals surface area contributed by atoms with Crippen molar-refractivity contribution in [2.75, 3.05) is 19.7 Å². The van der Waals surface area contributed by atoms with Crippen molar-refractivity contribution >= 4 is 12.4 Å². The largest absolute Gasteiger partial charge is 0.372 e. The number of ether oxygens (including phenoxy) is 1. The predicted octanol–water partition coefficient (Wildman–Crippen LogP) is 2.89. The first-order chi connectivity index (χ1) is 7.77. The lowest BCUT2D eigenvalue weighted by Gasteiger charge is -2.26. The third kappa shape index (κ3) is 3.84. The second kappa shape index (κ2) is 6.80. The van der Waals surface area contributed by atoms with Crippen LogP contribution < -0.4 is 5.32 Å². The Kier molecular flexibility index (Phi) is 5.69. The summed E-state index contributed by atoms with van der Waals surface area (Å²) in [7, 11) is 0. The molecule has 0 saturated carbocycles. The molecule has 94 valence electrons. The van der Waals surface area contributed by atoms with Gasteiger partial charge in [-0.25, -0.2) is 0 Å². The van der Waals surface area contributed by atoms with E-state index in [-0.39, 0.29) is 18.5 Å². The average molecular weight is 254 g/mol. The summed E-state index contributed by atoms with van der Waals surface area (Å²) in [6.45, 7) is 8.47. The molecular weight excluding hydrogens is 234 g/mol. The van der Waals surface area contributed by atoms with Gasteiger partial charge in [-0.3, -0.25) is 0 Å². The van der Waals surface area contributed by atoms with E-state index in [2.05, 4.69) is 36.2 Å². The molecule has 0 radical (unpaired) electrons. The smallest absolute Gasteiger partial charge is 0.0952 e. The average Bonchev–Trinajstić information content (AvgIpc) is 2.29. The Balaban J connectivity index is 0.00000144. The highest BCUT2D eigenvalue weighted by atomic mass is 35.5. The fraction of sp³-hybridized carbons (Fsp3) is 0.429. The summed E-state index contributed by atoms with van der Waals surface area (Å²) in [4.78, 5) is 0. The number of fused-ring (bicyclic) bond motifs is 1. The summed E-state index contributed by atoms with van der Waals surface area (Å²) >= 11 is 0. The van der Waals surface area contributed by atoms with Crippen LogP contribution in [0.2, 0.25) is 0 Å². The Hall–Kier alpha value is -0.830. The molecule has 0 aliphatic carbocycles. The monoisotopic (exact) mass is 253 g/mol. The van der Waals surface area contributed by atoms with Crippen LogP contribution in [0.3, 0.4) is 0 Å². The van der Waals surface area contributed by atoms with E-state index >= 15 is 0 Å². The topological polar surface area (TPSA) is 21.3 Å². The quantitative estimate of drug-likeness (QED) is 0.834. The van der Waals surface area contributed by atoms with E-state index in [4.69, 9.17) is 4.74 Å². The van der Waals surface area contributed by atoms with Crippen LogP contribution >= 0.6 is 12.4 Å². The number of halogens is 1. The summed E-state index contributed by atoms with van der Waals surface area (Å²) in [5, 5.41) is 3.37. The number of nitrogens with one attached hydrogen (secondary N) is 1. The Morgan fingerprint density at radius 3 is 3.00 bits per heavy atom. The molecule has 1 atom stereocenters. The number of hydrogen-bond donors (Lipinski definition) is 1. The molecule has 0 aromatic heterocycles. The first-order valence-corrected chi connectivity index (χ1v) is 5.82. The predicted molar refractivity (Wildman–Crippen MR) is 73.8 cm³/mol. The molecule has 1 heterocycles. The van der Waals surface area contributed by atoms with Crippen LogP contribution in [0, 0.1) is 0 Å². The van der Waals surface area contributed by atoms with Crippen LogP contribution in [0.15, 0.2) is 36.4 Å². The molecule has 1 aromatic rings. The fourth-order valence-corrected chi connectivity index (χ4v) is 2.06. The molecule has 0 bridgehead atoms. The lowest BCUT2D eigenvalue weighted by Crippen LogP contribution is -2.28. The zero-order chi connectivity index (χ0) is 11.4. The van der Waals surface area contributed by atoms with Crippen molar-refractivity contribution in [1.82, 2.24) is 5.32 Å². The van der Waals surface area contributed by atoms with Crippen LogP contribution in [0.25, 0.3) is 0 Å². The minimum atomic E-state index is 0. The highest BCUT2D eigenvalue weighted by molar-refractivity contribution is 5.85. The molecule has 0 saturated heterocycles. The lowest BCUT2D eigenvalue weighted by atomic mass is 9.97. The molecule has 2 rings (SSSR count). The van der Waals surface area contributed by atoms with Gasteiger partial charge in [-0.1, -0.05) is 36.4 Å². The van der Waals surface area contributed by atoms with Crippen LogP contribution in [0.1, 0.15) is 24.2 Å². The van der Waals surface area contributed by atoms with Crippen molar-refractivity contribution < 1.29 is 4.74 Å². The van der Waals surface area contributed by atoms with Gasteiger partial charge in [-0.2, -0.15) is 0 Å². The molecule has 2 nitrogen and oxygen atoms in total. The molecule has 1 aromatic carbocycles. The molecule has 1 unspecified atom stereocenters. The summed E-state index contributed by atoms with van der Waals surface area (Å²) < 4.78 is 5.79. The maximum absolute atomic E-state index is 5.79. The van der Waals surface area contributed by atoms with Gasteiger partial charge in [-0.15, -0.1) is 12.4 Å². The number of rotatable bonds is 4. The molecular formula is C14H20ClNO. The Morgan fingerprint density at radius 1 is 1.47 bits per heavy atom. The number of benzene rings is 1. The minimum absolute atomic E-state index is 0. The first kappa shape index (κ1) is 14.2. The van der Waals surface area contributed by atoms with Gasteiger partial charge in [0.25, 0.3) is 0 Å². The maximum Gasteiger partial charge on any atom is 0.0952 e. The summed E-state index contributed by atoms with van der Waals surface area (Å²) in [6.07, 6.45) is 1.23. The first-order valence-electron chi connectivity index (χ1n) is 5.82. The van der Waals surface area contributed by atoms with Gasteiger partial charge in [0.1, 0.15) is 0 Å². The second-order valence-corrected chi connectivity index (χ2v) is 4.40. The zero-order valence-electron chi connectivity index (χ0n) is 10.2. The van der Waals surface area contributed by atoms with Gasteiger partial charge in [0.05, 0.1) is 12.7 Å². The van der Waals surface area contributed by atoms with Crippen molar-refractivity contribution in [3.63, 3.8) is 0 Å². The normalized spacial score (nSPS) is 18.1. The molecule has 0 amide bonds. The summed E-state index contributed by atoms with van der Waals surface area (Å²) in [5.41, 5.74) is 3.92. The van der Waals surface area contributed by atoms with Crippen molar-refractivity contribution in [2.45, 2.75) is 19.4 Å². The van der Waals surface area contributed by atoms with Gasteiger partial charge in [0.15, 0.2) is 0 Å². The molecule has 1 aliphatic rings. The molecule has 1 N–H and O–H groups in total. The third-order valence-electron chi connectivity index (χ3n) is 2.85. The summed E-state index contributed by atoms with van der Waals surface area (Å²) in [6, 6.07) is 8.55. The van der Waals surface area contributed by atoms with Crippen LogP contribution in [-0.4, -0.2) is 19.7 Å². The Bertz CT molecular complexity index is 378. The van der Waals surface area contributed by atoms with E-state index in [1.165, 1.54) is 11.1 Å². The second-order valence-electron chi connectivity index (χ2n) is 4.40. The highest BCUT2D eigenvalue weighted by Gasteiger charge is 2.19. The van der Waals surface area contributed by atoms with E-state index in [1.807, 2.05) is 6.92 Å². The molecule has 0 spiro atoms. The zero-order valence-corrected chi connectivity index (χ0v) is 11.1. The minimum Gasteiger partial charge on any atom is -0.372 e. The standard InChI is InChI=1S/C14H19NO.ClH/c1-11(2)9-15-10-14-13-6-4-3-5-12(13)7-8-16-14;/h3-6,14-15H,1,7-10H2,2H3;1H. The fourth-order valence-electron chi connectivity index (χ4n) is 2.06. The molecule has 3 heteroatoms. The highest BCUT2D eigenvalue weighted by Crippen LogP contribution is 2.26. The molecule has 0 fully saturated rings. The van der Waals surface area contributed by atoms with E-state index in [0.717, 1.165) is 31.7 Å². The lowest BCUT2D eigenvalue weighted by molar-refractivity contribution is 0.0431. The molecule has 17 heavy (non-hydrogen) atoms. The van der Waals surface area contributed by atoms with E-state index < -0.39 is 0 Å². The third-order valence-corrected chi connectivity index (χ3v) is 2.85. The van der Waals surface area contributed by atoms with E-state index in [0.29, 0.717) is 0 Å². The van der Waals surface area contributed by atoms with Gasteiger partial charge in [0, 0.05) is 13.1 Å². The number of hydrogen-bond acceptors (Lipinski definition) is 2. The summed E-state index contributed by atoms with van der Waals surface area (Å²) in [5.74, 6) is 0. The Labute approximate surface area is 109 Å². The van der Waals surface area contributed by atoms with Gasteiger partial charge in [-0.05, 0) is 24.5 Å². The van der Waals surface area contributed by atoms with Gasteiger partial charge < -0.3 is 10.1 Å². The molecule has 1 aliphatic heterocycles. The van der Waals surface area contributed by atoms with Crippen LogP contribution in [-0.2, 0) is 11.2 Å². The Morgan fingerprint density at radius 2 is 2.24 bits per heavy atom.